The van der Waals surface area contributed by atoms with Crippen molar-refractivity contribution in [3.63, 3.8) is 0 Å². The van der Waals surface area contributed by atoms with Crippen LogP contribution in [0.5, 0.6) is 0 Å². The molecule has 0 bridgehead atoms. The summed E-state index contributed by atoms with van der Waals surface area (Å²) in [6.07, 6.45) is 10.1. The molecule has 0 heterocycles. The van der Waals surface area contributed by atoms with Gasteiger partial charge in [-0.15, -0.1) is 0 Å². The van der Waals surface area contributed by atoms with Crippen LogP contribution in [0.2, 0.25) is 0 Å². The molecule has 0 radical (unpaired) electrons. The quantitative estimate of drug-likeness (QED) is 0.601. The highest BCUT2D eigenvalue weighted by atomic mass is 16.2. The lowest BCUT2D eigenvalue weighted by Gasteiger charge is -2.34. The highest BCUT2D eigenvalue weighted by molar-refractivity contribution is 5.83. The summed E-state index contributed by atoms with van der Waals surface area (Å²) in [5, 5.41) is 6.04. The number of rotatable bonds is 10. The molecule has 4 heteroatoms. The van der Waals surface area contributed by atoms with E-state index in [1.165, 1.54) is 38.5 Å². The number of hydrogen-bond donors (Lipinski definition) is 2. The normalized spacial score (nSPS) is 24.2. The molecule has 0 aliphatic heterocycles. The maximum atomic E-state index is 12.0. The fourth-order valence-corrected chi connectivity index (χ4v) is 3.34. The first-order chi connectivity index (χ1) is 11.0. The topological polar surface area (TPSA) is 58.2 Å². The summed E-state index contributed by atoms with van der Waals surface area (Å²) in [6.45, 7) is 7.42. The molecule has 134 valence electrons. The van der Waals surface area contributed by atoms with Gasteiger partial charge in [-0.1, -0.05) is 59.3 Å². The number of carbonyl (C=O) groups excluding carboxylic acids is 2. The van der Waals surface area contributed by atoms with E-state index in [9.17, 15) is 9.59 Å². The van der Waals surface area contributed by atoms with Gasteiger partial charge in [0.05, 0.1) is 0 Å². The van der Waals surface area contributed by atoms with Gasteiger partial charge >= 0.3 is 0 Å². The molecule has 0 spiro atoms. The summed E-state index contributed by atoms with van der Waals surface area (Å²) < 4.78 is 0. The number of carbonyl (C=O) groups is 2. The Balaban J connectivity index is 2.09. The second-order valence-corrected chi connectivity index (χ2v) is 7.21. The minimum atomic E-state index is 0.000650. The monoisotopic (exact) mass is 324 g/mol. The molecule has 1 fully saturated rings. The van der Waals surface area contributed by atoms with Gasteiger partial charge in [0.1, 0.15) is 0 Å². The van der Waals surface area contributed by atoms with Crippen LogP contribution in [0.3, 0.4) is 0 Å². The average Bonchev–Trinajstić information content (AvgIpc) is 2.53. The molecule has 0 saturated heterocycles. The van der Waals surface area contributed by atoms with Gasteiger partial charge in [-0.2, -0.15) is 0 Å². The van der Waals surface area contributed by atoms with Crippen LogP contribution in [0, 0.1) is 11.8 Å². The SMILES string of the molecule is CCCCCCCNC(=O)CCC(=O)N[C@@H]1CCC[C@@H](C)[C@H]1C. The molecule has 0 aromatic carbocycles. The van der Waals surface area contributed by atoms with Gasteiger partial charge in [-0.05, 0) is 24.7 Å². The third-order valence-electron chi connectivity index (χ3n) is 5.23. The van der Waals surface area contributed by atoms with Gasteiger partial charge in [0, 0.05) is 25.4 Å². The maximum Gasteiger partial charge on any atom is 0.220 e. The third-order valence-corrected chi connectivity index (χ3v) is 5.23. The fourth-order valence-electron chi connectivity index (χ4n) is 3.34. The van der Waals surface area contributed by atoms with E-state index < -0.39 is 0 Å². The smallest absolute Gasteiger partial charge is 0.220 e. The van der Waals surface area contributed by atoms with Crippen LogP contribution in [0.4, 0.5) is 0 Å². The molecule has 4 nitrogen and oxygen atoms in total. The zero-order valence-corrected chi connectivity index (χ0v) is 15.3. The molecule has 0 aromatic rings. The molecule has 0 aromatic heterocycles. The van der Waals surface area contributed by atoms with Gasteiger partial charge in [-0.25, -0.2) is 0 Å². The zero-order chi connectivity index (χ0) is 17.1. The second-order valence-electron chi connectivity index (χ2n) is 7.21. The lowest BCUT2D eigenvalue weighted by molar-refractivity contribution is -0.127. The first-order valence-electron chi connectivity index (χ1n) is 9.60. The van der Waals surface area contributed by atoms with Crippen molar-refractivity contribution in [2.45, 2.75) is 91.0 Å². The van der Waals surface area contributed by atoms with Crippen molar-refractivity contribution in [2.24, 2.45) is 11.8 Å². The van der Waals surface area contributed by atoms with Crippen molar-refractivity contribution < 1.29 is 9.59 Å². The average molecular weight is 325 g/mol. The first-order valence-corrected chi connectivity index (χ1v) is 9.60. The van der Waals surface area contributed by atoms with E-state index in [4.69, 9.17) is 0 Å². The lowest BCUT2D eigenvalue weighted by atomic mass is 9.78. The van der Waals surface area contributed by atoms with Crippen molar-refractivity contribution in [2.75, 3.05) is 6.54 Å². The van der Waals surface area contributed by atoms with Crippen LogP contribution in [-0.2, 0) is 9.59 Å². The Bertz CT molecular complexity index is 357. The summed E-state index contributed by atoms with van der Waals surface area (Å²) in [6, 6.07) is 0.285. The summed E-state index contributed by atoms with van der Waals surface area (Å²) in [5.41, 5.74) is 0. The number of nitrogens with one attached hydrogen (secondary N) is 2. The van der Waals surface area contributed by atoms with Crippen molar-refractivity contribution in [3.05, 3.63) is 0 Å². The molecule has 3 atom stereocenters. The van der Waals surface area contributed by atoms with E-state index >= 15 is 0 Å². The molecular weight excluding hydrogens is 288 g/mol. The standard InChI is InChI=1S/C19H36N2O2/c1-4-5-6-7-8-14-20-18(22)12-13-19(23)21-17-11-9-10-15(2)16(17)3/h15-17H,4-14H2,1-3H3,(H,20,22)(H,21,23)/t15-,16-,17-/m1/s1. The predicted molar refractivity (Wildman–Crippen MR) is 95.1 cm³/mol. The number of unbranched alkanes of at least 4 members (excludes halogenated alkanes) is 4. The second kappa shape index (κ2) is 11.5. The van der Waals surface area contributed by atoms with Crippen LogP contribution in [0.15, 0.2) is 0 Å². The molecule has 1 aliphatic carbocycles. The van der Waals surface area contributed by atoms with Gasteiger partial charge < -0.3 is 10.6 Å². The van der Waals surface area contributed by atoms with Crippen molar-refractivity contribution in [1.29, 1.82) is 0 Å². The van der Waals surface area contributed by atoms with Crippen molar-refractivity contribution >= 4 is 11.8 Å². The molecule has 2 N–H and O–H groups in total. The Morgan fingerprint density at radius 1 is 0.957 bits per heavy atom. The fraction of sp³-hybridized carbons (Fsp3) is 0.895. The molecule has 2 amide bonds. The predicted octanol–water partition coefficient (Wildman–Crippen LogP) is 3.79. The van der Waals surface area contributed by atoms with Gasteiger partial charge in [0.15, 0.2) is 0 Å². The lowest BCUT2D eigenvalue weighted by Crippen LogP contribution is -2.43. The minimum Gasteiger partial charge on any atom is -0.356 e. The van der Waals surface area contributed by atoms with E-state index in [1.54, 1.807) is 0 Å². The van der Waals surface area contributed by atoms with Crippen LogP contribution in [0.1, 0.15) is 85.0 Å². The zero-order valence-electron chi connectivity index (χ0n) is 15.3. The molecule has 0 unspecified atom stereocenters. The molecule has 1 saturated carbocycles. The van der Waals surface area contributed by atoms with E-state index in [2.05, 4.69) is 31.4 Å². The Morgan fingerprint density at radius 2 is 1.65 bits per heavy atom. The van der Waals surface area contributed by atoms with E-state index in [0.29, 0.717) is 24.7 Å². The summed E-state index contributed by atoms with van der Waals surface area (Å²) in [5.74, 6) is 1.23. The largest absolute Gasteiger partial charge is 0.356 e. The molecular formula is C19H36N2O2. The number of hydrogen-bond acceptors (Lipinski definition) is 2. The first kappa shape index (κ1) is 20.0. The molecule has 1 aliphatic rings. The Labute approximate surface area is 142 Å². The van der Waals surface area contributed by atoms with E-state index in [-0.39, 0.29) is 17.9 Å². The van der Waals surface area contributed by atoms with Gasteiger partial charge in [-0.3, -0.25) is 9.59 Å². The highest BCUT2D eigenvalue weighted by Crippen LogP contribution is 2.29. The number of amides is 2. The Kier molecular flexibility index (Phi) is 9.97. The van der Waals surface area contributed by atoms with Crippen LogP contribution >= 0.6 is 0 Å². The van der Waals surface area contributed by atoms with Crippen LogP contribution in [-0.4, -0.2) is 24.4 Å². The van der Waals surface area contributed by atoms with Gasteiger partial charge in [0.25, 0.3) is 0 Å². The Morgan fingerprint density at radius 3 is 2.39 bits per heavy atom. The highest BCUT2D eigenvalue weighted by Gasteiger charge is 2.27. The Hall–Kier alpha value is -1.06. The summed E-state index contributed by atoms with van der Waals surface area (Å²) in [4.78, 5) is 23.8. The van der Waals surface area contributed by atoms with Gasteiger partial charge in [0.2, 0.25) is 11.8 Å². The minimum absolute atomic E-state index is 0.000650. The summed E-state index contributed by atoms with van der Waals surface area (Å²) >= 11 is 0. The maximum absolute atomic E-state index is 12.0. The summed E-state index contributed by atoms with van der Waals surface area (Å²) in [7, 11) is 0. The van der Waals surface area contributed by atoms with Crippen molar-refractivity contribution in [1.82, 2.24) is 10.6 Å². The van der Waals surface area contributed by atoms with Crippen LogP contribution < -0.4 is 10.6 Å². The van der Waals surface area contributed by atoms with Crippen LogP contribution in [0.25, 0.3) is 0 Å². The third kappa shape index (κ3) is 8.38. The van der Waals surface area contributed by atoms with E-state index in [1.807, 2.05) is 0 Å². The molecule has 23 heavy (non-hydrogen) atoms. The van der Waals surface area contributed by atoms with Crippen molar-refractivity contribution in [3.8, 4) is 0 Å². The molecule has 1 rings (SSSR count). The van der Waals surface area contributed by atoms with E-state index in [0.717, 1.165) is 19.4 Å².